The van der Waals surface area contributed by atoms with E-state index < -0.39 is 11.8 Å². The molecule has 0 aliphatic carbocycles. The van der Waals surface area contributed by atoms with Crippen LogP contribution in [0.4, 0.5) is 5.69 Å². The van der Waals surface area contributed by atoms with Gasteiger partial charge in [-0.2, -0.15) is 0 Å². The molecule has 0 saturated carbocycles. The summed E-state index contributed by atoms with van der Waals surface area (Å²) in [5, 5.41) is 2.67. The Balaban J connectivity index is 2.09. The quantitative estimate of drug-likeness (QED) is 0.743. The molecule has 0 aromatic heterocycles. The summed E-state index contributed by atoms with van der Waals surface area (Å²) >= 11 is 0. The monoisotopic (exact) mass is 360 g/mol. The predicted octanol–water partition coefficient (Wildman–Crippen LogP) is 1.83. The van der Waals surface area contributed by atoms with Gasteiger partial charge in [-0.1, -0.05) is 0 Å². The topological polar surface area (TPSA) is 109 Å². The molecule has 2 amide bonds. The Morgan fingerprint density at radius 1 is 0.923 bits per heavy atom. The van der Waals surface area contributed by atoms with Crippen LogP contribution < -0.4 is 30.0 Å². The van der Waals surface area contributed by atoms with Crippen LogP contribution in [0.25, 0.3) is 0 Å². The molecule has 2 aromatic carbocycles. The molecule has 26 heavy (non-hydrogen) atoms. The largest absolute Gasteiger partial charge is 0.497 e. The van der Waals surface area contributed by atoms with E-state index in [-0.39, 0.29) is 17.9 Å². The Bertz CT molecular complexity index is 784. The Morgan fingerprint density at radius 2 is 1.54 bits per heavy atom. The standard InChI is InChI=1S/C18H20N2O6/c1-23-12-4-5-15(18(19)22)16(9-12)26-10-17(21)20-11-6-13(24-2)8-14(7-11)25-3/h4-9H,10H2,1-3H3,(H2,19,22)(H,20,21). The van der Waals surface area contributed by atoms with Crippen LogP contribution in [0.2, 0.25) is 0 Å². The van der Waals surface area contributed by atoms with Crippen LogP contribution in [0.3, 0.4) is 0 Å². The van der Waals surface area contributed by atoms with Crippen molar-refractivity contribution in [3.05, 3.63) is 42.0 Å². The van der Waals surface area contributed by atoms with Crippen LogP contribution >= 0.6 is 0 Å². The number of nitrogens with two attached hydrogens (primary N) is 1. The summed E-state index contributed by atoms with van der Waals surface area (Å²) in [4.78, 5) is 23.6. The van der Waals surface area contributed by atoms with Crippen LogP contribution in [0.5, 0.6) is 23.0 Å². The van der Waals surface area contributed by atoms with Gasteiger partial charge in [-0.25, -0.2) is 0 Å². The third-order valence-electron chi connectivity index (χ3n) is 3.45. The van der Waals surface area contributed by atoms with Crippen molar-refractivity contribution in [3.8, 4) is 23.0 Å². The fraction of sp³-hybridized carbons (Fsp3) is 0.222. The highest BCUT2D eigenvalue weighted by Gasteiger charge is 2.13. The van der Waals surface area contributed by atoms with E-state index in [2.05, 4.69) is 5.32 Å². The molecule has 0 aliphatic rings. The lowest BCUT2D eigenvalue weighted by Gasteiger charge is -2.12. The van der Waals surface area contributed by atoms with Crippen LogP contribution in [-0.4, -0.2) is 39.8 Å². The summed E-state index contributed by atoms with van der Waals surface area (Å²) in [7, 11) is 4.50. The Labute approximate surface area is 150 Å². The zero-order valence-corrected chi connectivity index (χ0v) is 14.7. The molecule has 138 valence electrons. The number of ether oxygens (including phenoxy) is 4. The maximum atomic E-state index is 12.2. The zero-order valence-electron chi connectivity index (χ0n) is 14.7. The minimum Gasteiger partial charge on any atom is -0.497 e. The SMILES string of the molecule is COc1cc(NC(=O)COc2cc(OC)ccc2C(N)=O)cc(OC)c1. The molecule has 0 unspecified atom stereocenters. The number of rotatable bonds is 8. The minimum atomic E-state index is -0.666. The van der Waals surface area contributed by atoms with E-state index in [1.165, 1.54) is 33.5 Å². The highest BCUT2D eigenvalue weighted by Crippen LogP contribution is 2.26. The molecule has 2 aromatic rings. The van der Waals surface area contributed by atoms with Gasteiger partial charge in [0.15, 0.2) is 6.61 Å². The van der Waals surface area contributed by atoms with E-state index in [9.17, 15) is 9.59 Å². The number of carbonyl (C=O) groups excluding carboxylic acids is 2. The maximum absolute atomic E-state index is 12.2. The second kappa shape index (κ2) is 8.61. The maximum Gasteiger partial charge on any atom is 0.262 e. The summed E-state index contributed by atoms with van der Waals surface area (Å²) in [5.41, 5.74) is 5.95. The molecule has 0 atom stereocenters. The molecule has 2 rings (SSSR count). The van der Waals surface area contributed by atoms with Crippen molar-refractivity contribution in [2.24, 2.45) is 5.73 Å². The first-order chi connectivity index (χ1) is 12.5. The van der Waals surface area contributed by atoms with Gasteiger partial charge in [-0.3, -0.25) is 9.59 Å². The lowest BCUT2D eigenvalue weighted by atomic mass is 10.2. The van der Waals surface area contributed by atoms with E-state index >= 15 is 0 Å². The van der Waals surface area contributed by atoms with Gasteiger partial charge in [-0.05, 0) is 12.1 Å². The molecule has 0 fully saturated rings. The van der Waals surface area contributed by atoms with Crippen molar-refractivity contribution in [1.82, 2.24) is 0 Å². The number of amides is 2. The van der Waals surface area contributed by atoms with Crippen molar-refractivity contribution < 1.29 is 28.5 Å². The second-order valence-electron chi connectivity index (χ2n) is 5.16. The molecular weight excluding hydrogens is 340 g/mol. The van der Waals surface area contributed by atoms with Crippen molar-refractivity contribution in [1.29, 1.82) is 0 Å². The number of primary amides is 1. The average Bonchev–Trinajstić information content (AvgIpc) is 2.65. The average molecular weight is 360 g/mol. The van der Waals surface area contributed by atoms with Crippen LogP contribution in [0.1, 0.15) is 10.4 Å². The molecule has 0 radical (unpaired) electrons. The number of methoxy groups -OCH3 is 3. The van der Waals surface area contributed by atoms with E-state index in [0.717, 1.165) is 0 Å². The fourth-order valence-electron chi connectivity index (χ4n) is 2.17. The fourth-order valence-corrected chi connectivity index (χ4v) is 2.17. The molecule has 0 bridgehead atoms. The van der Waals surface area contributed by atoms with Gasteiger partial charge in [0, 0.05) is 30.0 Å². The van der Waals surface area contributed by atoms with Gasteiger partial charge >= 0.3 is 0 Å². The third kappa shape index (κ3) is 4.79. The number of hydrogen-bond acceptors (Lipinski definition) is 6. The first-order valence-corrected chi connectivity index (χ1v) is 7.60. The van der Waals surface area contributed by atoms with Crippen molar-refractivity contribution >= 4 is 17.5 Å². The van der Waals surface area contributed by atoms with Crippen LogP contribution in [0.15, 0.2) is 36.4 Å². The van der Waals surface area contributed by atoms with Crippen molar-refractivity contribution in [2.45, 2.75) is 0 Å². The first kappa shape index (κ1) is 18.9. The summed E-state index contributed by atoms with van der Waals surface area (Å²) in [5.74, 6) is 0.603. The van der Waals surface area contributed by atoms with E-state index in [1.54, 1.807) is 24.3 Å². The van der Waals surface area contributed by atoms with Crippen molar-refractivity contribution in [2.75, 3.05) is 33.3 Å². The minimum absolute atomic E-state index is 0.154. The number of anilines is 1. The summed E-state index contributed by atoms with van der Waals surface area (Å²) < 4.78 is 20.8. The van der Waals surface area contributed by atoms with Gasteiger partial charge in [-0.15, -0.1) is 0 Å². The van der Waals surface area contributed by atoms with Crippen LogP contribution in [0, 0.1) is 0 Å². The molecule has 0 aliphatic heterocycles. The molecule has 0 spiro atoms. The first-order valence-electron chi connectivity index (χ1n) is 7.60. The normalized spacial score (nSPS) is 9.96. The Kier molecular flexibility index (Phi) is 6.26. The lowest BCUT2D eigenvalue weighted by molar-refractivity contribution is -0.118. The molecule has 0 heterocycles. The summed E-state index contributed by atoms with van der Waals surface area (Å²) in [6.07, 6.45) is 0. The number of nitrogens with one attached hydrogen (secondary N) is 1. The summed E-state index contributed by atoms with van der Waals surface area (Å²) in [6.45, 7) is -0.326. The predicted molar refractivity (Wildman–Crippen MR) is 95.2 cm³/mol. The highest BCUT2D eigenvalue weighted by atomic mass is 16.5. The molecule has 0 saturated heterocycles. The van der Waals surface area contributed by atoms with Crippen molar-refractivity contribution in [3.63, 3.8) is 0 Å². The number of benzene rings is 2. The highest BCUT2D eigenvalue weighted by molar-refractivity contribution is 5.96. The second-order valence-corrected chi connectivity index (χ2v) is 5.16. The third-order valence-corrected chi connectivity index (χ3v) is 3.45. The smallest absolute Gasteiger partial charge is 0.262 e. The van der Waals surface area contributed by atoms with Gasteiger partial charge in [0.1, 0.15) is 23.0 Å². The molecular formula is C18H20N2O6. The lowest BCUT2D eigenvalue weighted by Crippen LogP contribution is -2.21. The summed E-state index contributed by atoms with van der Waals surface area (Å²) in [6, 6.07) is 9.50. The van der Waals surface area contributed by atoms with Gasteiger partial charge in [0.25, 0.3) is 11.8 Å². The number of carbonyl (C=O) groups is 2. The van der Waals surface area contributed by atoms with E-state index in [1.807, 2.05) is 0 Å². The van der Waals surface area contributed by atoms with Gasteiger partial charge < -0.3 is 30.0 Å². The number of hydrogen-bond donors (Lipinski definition) is 2. The van der Waals surface area contributed by atoms with E-state index in [0.29, 0.717) is 22.9 Å². The van der Waals surface area contributed by atoms with Crippen LogP contribution in [-0.2, 0) is 4.79 Å². The van der Waals surface area contributed by atoms with Gasteiger partial charge in [0.2, 0.25) is 0 Å². The van der Waals surface area contributed by atoms with Gasteiger partial charge in [0.05, 0.1) is 26.9 Å². The molecule has 8 nitrogen and oxygen atoms in total. The Hall–Kier alpha value is -3.42. The molecule has 3 N–H and O–H groups in total. The molecule has 8 heteroatoms. The van der Waals surface area contributed by atoms with E-state index in [4.69, 9.17) is 24.7 Å². The zero-order chi connectivity index (χ0) is 19.1. The Morgan fingerprint density at radius 3 is 2.08 bits per heavy atom.